The number of nitrogens with one attached hydrogen (secondary N) is 1. The molecule has 0 bridgehead atoms. The number of nitrogens with two attached hydrogens (primary N) is 1. The zero-order valence-electron chi connectivity index (χ0n) is 6.22. The average Bonchev–Trinajstić information content (AvgIpc) is 1.97. The van der Waals surface area contributed by atoms with E-state index in [2.05, 4.69) is 26.4 Å². The van der Waals surface area contributed by atoms with E-state index in [1.807, 2.05) is 0 Å². The normalized spacial score (nSPS) is 12.9. The van der Waals surface area contributed by atoms with Crippen molar-refractivity contribution in [2.24, 2.45) is 5.73 Å². The summed E-state index contributed by atoms with van der Waals surface area (Å²) in [6, 6.07) is -0.691. The highest BCUT2D eigenvalue weighted by atomic mass is 127. The van der Waals surface area contributed by atoms with Gasteiger partial charge in [0.05, 0.1) is 0 Å². The van der Waals surface area contributed by atoms with E-state index >= 15 is 0 Å². The molecule has 0 aliphatic heterocycles. The third-order valence-corrected chi connectivity index (χ3v) is 1.89. The zero-order chi connectivity index (χ0) is 8.69. The molecule has 5 heteroatoms. The minimum atomic E-state index is -0.910. The van der Waals surface area contributed by atoms with Crippen molar-refractivity contribution in [3.63, 3.8) is 0 Å². The molecule has 0 heterocycles. The van der Waals surface area contributed by atoms with Crippen LogP contribution < -0.4 is 9.26 Å². The maximum atomic E-state index is 10.2. The van der Waals surface area contributed by atoms with Gasteiger partial charge in [0.2, 0.25) is 0 Å². The smallest absolute Gasteiger partial charge is 0.320 e. The molecule has 0 radical (unpaired) electrons. The maximum absolute atomic E-state index is 10.2. The molecule has 66 valence electrons. The molecule has 11 heavy (non-hydrogen) atoms. The molecule has 0 fully saturated rings. The van der Waals surface area contributed by atoms with Crippen molar-refractivity contribution < 1.29 is 9.90 Å². The molecule has 0 aliphatic carbocycles. The van der Waals surface area contributed by atoms with Gasteiger partial charge in [-0.05, 0) is 12.8 Å². The van der Waals surface area contributed by atoms with Crippen LogP contribution >= 0.6 is 22.9 Å². The summed E-state index contributed by atoms with van der Waals surface area (Å²) < 4.78 is 2.95. The lowest BCUT2D eigenvalue weighted by Crippen LogP contribution is -2.29. The Morgan fingerprint density at radius 1 is 1.64 bits per heavy atom. The lowest BCUT2D eigenvalue weighted by Gasteiger charge is -2.04. The van der Waals surface area contributed by atoms with E-state index in [0.29, 0.717) is 6.42 Å². The van der Waals surface area contributed by atoms with Crippen molar-refractivity contribution in [3.05, 3.63) is 0 Å². The van der Waals surface area contributed by atoms with E-state index < -0.39 is 12.0 Å². The summed E-state index contributed by atoms with van der Waals surface area (Å²) >= 11 is 2.06. The van der Waals surface area contributed by atoms with Gasteiger partial charge in [-0.15, -0.1) is 0 Å². The number of carbonyl (C=O) groups is 1. The van der Waals surface area contributed by atoms with Crippen LogP contribution in [0.5, 0.6) is 0 Å². The maximum Gasteiger partial charge on any atom is 0.320 e. The van der Waals surface area contributed by atoms with Gasteiger partial charge in [0.1, 0.15) is 6.04 Å². The van der Waals surface area contributed by atoms with E-state index in [1.54, 1.807) is 0 Å². The highest BCUT2D eigenvalue weighted by Crippen LogP contribution is 1.98. The predicted octanol–water partition coefficient (Wildman–Crippen LogP) is 0.508. The zero-order valence-corrected chi connectivity index (χ0v) is 8.37. The van der Waals surface area contributed by atoms with Crippen LogP contribution in [0.2, 0.25) is 0 Å². The van der Waals surface area contributed by atoms with Crippen molar-refractivity contribution >= 4 is 28.8 Å². The van der Waals surface area contributed by atoms with Crippen LogP contribution in [0, 0.1) is 0 Å². The highest BCUT2D eigenvalue weighted by molar-refractivity contribution is 14.1. The Morgan fingerprint density at radius 3 is 2.73 bits per heavy atom. The van der Waals surface area contributed by atoms with Crippen LogP contribution in [0.1, 0.15) is 19.3 Å². The lowest BCUT2D eigenvalue weighted by atomic mass is 10.1. The molecular formula is C6H13IN2O2. The van der Waals surface area contributed by atoms with Gasteiger partial charge in [-0.3, -0.25) is 8.32 Å². The first-order valence-corrected chi connectivity index (χ1v) is 4.58. The van der Waals surface area contributed by atoms with Gasteiger partial charge in [0.25, 0.3) is 0 Å². The number of rotatable bonds is 6. The van der Waals surface area contributed by atoms with Gasteiger partial charge in [-0.25, -0.2) is 0 Å². The number of carboxylic acid groups (broad SMARTS) is 1. The number of hydrogen-bond acceptors (Lipinski definition) is 3. The van der Waals surface area contributed by atoms with E-state index in [4.69, 9.17) is 10.8 Å². The summed E-state index contributed by atoms with van der Waals surface area (Å²) in [7, 11) is 0. The topological polar surface area (TPSA) is 75.3 Å². The lowest BCUT2D eigenvalue weighted by molar-refractivity contribution is -0.138. The fourth-order valence-electron chi connectivity index (χ4n) is 0.680. The van der Waals surface area contributed by atoms with E-state index in [0.717, 1.165) is 19.4 Å². The van der Waals surface area contributed by atoms with Crippen LogP contribution in [0.15, 0.2) is 0 Å². The summed E-state index contributed by atoms with van der Waals surface area (Å²) in [5.74, 6) is -0.910. The van der Waals surface area contributed by atoms with Gasteiger partial charge >= 0.3 is 5.97 Å². The number of carboxylic acids is 1. The molecule has 4 nitrogen and oxygen atoms in total. The standard InChI is InChI=1S/C6H13IN2O2/c7-9-4-2-1-3-5(8)6(10)11/h5,9H,1-4,8H2,(H,10,11)/t5-/m0/s1. The predicted molar refractivity (Wildman–Crippen MR) is 51.5 cm³/mol. The Morgan fingerprint density at radius 2 is 2.27 bits per heavy atom. The SMILES string of the molecule is N[C@@H](CCCCNI)C(=O)O. The molecule has 0 saturated carbocycles. The molecule has 0 aromatic carbocycles. The summed E-state index contributed by atoms with van der Waals surface area (Å²) in [5, 5.41) is 8.40. The van der Waals surface area contributed by atoms with Crippen molar-refractivity contribution in [3.8, 4) is 0 Å². The molecule has 1 atom stereocenters. The van der Waals surface area contributed by atoms with Gasteiger partial charge in [0, 0.05) is 29.4 Å². The number of hydrogen-bond donors (Lipinski definition) is 3. The van der Waals surface area contributed by atoms with E-state index in [9.17, 15) is 4.79 Å². The monoisotopic (exact) mass is 272 g/mol. The van der Waals surface area contributed by atoms with Crippen molar-refractivity contribution in [1.29, 1.82) is 0 Å². The van der Waals surface area contributed by atoms with Gasteiger partial charge < -0.3 is 10.8 Å². The van der Waals surface area contributed by atoms with E-state index in [-0.39, 0.29) is 0 Å². The van der Waals surface area contributed by atoms with Gasteiger partial charge in [-0.1, -0.05) is 6.42 Å². The Balaban J connectivity index is 3.17. The molecule has 0 rings (SSSR count). The van der Waals surface area contributed by atoms with Crippen LogP contribution in [-0.2, 0) is 4.79 Å². The summed E-state index contributed by atoms with van der Waals surface area (Å²) in [6.45, 7) is 0.910. The first kappa shape index (κ1) is 11.1. The molecule has 0 spiro atoms. The molecule has 0 aliphatic rings. The van der Waals surface area contributed by atoms with Gasteiger partial charge in [-0.2, -0.15) is 0 Å². The van der Waals surface area contributed by atoms with Crippen molar-refractivity contribution in [2.75, 3.05) is 6.54 Å². The number of aliphatic carboxylic acids is 1. The minimum Gasteiger partial charge on any atom is -0.480 e. The fraction of sp³-hybridized carbons (Fsp3) is 0.833. The third-order valence-electron chi connectivity index (χ3n) is 1.35. The number of halogens is 1. The molecule has 0 amide bonds. The van der Waals surface area contributed by atoms with E-state index in [1.165, 1.54) is 0 Å². The molecule has 0 aromatic rings. The van der Waals surface area contributed by atoms with Crippen LogP contribution in [0.25, 0.3) is 0 Å². The largest absolute Gasteiger partial charge is 0.480 e. The Bertz CT molecular complexity index is 121. The molecule has 0 unspecified atom stereocenters. The second kappa shape index (κ2) is 6.81. The molecule has 0 aromatic heterocycles. The quantitative estimate of drug-likeness (QED) is 0.374. The second-order valence-electron chi connectivity index (χ2n) is 2.32. The fourth-order valence-corrected chi connectivity index (χ4v) is 1.06. The minimum absolute atomic E-state index is 0.563. The van der Waals surface area contributed by atoms with Gasteiger partial charge in [0.15, 0.2) is 0 Å². The highest BCUT2D eigenvalue weighted by Gasteiger charge is 2.09. The molecule has 4 N–H and O–H groups in total. The Kier molecular flexibility index (Phi) is 6.88. The molecule has 0 saturated heterocycles. The first-order chi connectivity index (χ1) is 5.18. The third kappa shape index (κ3) is 6.52. The summed E-state index contributed by atoms with van der Waals surface area (Å²) in [6.07, 6.45) is 2.40. The second-order valence-corrected chi connectivity index (χ2v) is 3.09. The average molecular weight is 272 g/mol. The summed E-state index contributed by atoms with van der Waals surface area (Å²) in [4.78, 5) is 10.2. The van der Waals surface area contributed by atoms with Crippen LogP contribution in [-0.4, -0.2) is 23.7 Å². The summed E-state index contributed by atoms with van der Waals surface area (Å²) in [5.41, 5.74) is 5.28. The Hall–Kier alpha value is 0.120. The number of unbranched alkanes of at least 4 members (excludes halogenated alkanes) is 1. The van der Waals surface area contributed by atoms with Crippen molar-refractivity contribution in [2.45, 2.75) is 25.3 Å². The molecular weight excluding hydrogens is 259 g/mol. The van der Waals surface area contributed by atoms with Crippen molar-refractivity contribution in [1.82, 2.24) is 3.53 Å². The first-order valence-electron chi connectivity index (χ1n) is 3.50. The Labute approximate surface area is 80.0 Å². The van der Waals surface area contributed by atoms with Crippen LogP contribution in [0.4, 0.5) is 0 Å². The van der Waals surface area contributed by atoms with Crippen LogP contribution in [0.3, 0.4) is 0 Å².